The summed E-state index contributed by atoms with van der Waals surface area (Å²) < 4.78 is 8.35. The number of nitrogens with zero attached hydrogens (tertiary/aromatic N) is 4. The van der Waals surface area contributed by atoms with Crippen LogP contribution in [0.2, 0.25) is 5.02 Å². The highest BCUT2D eigenvalue weighted by Crippen LogP contribution is 2.42. The molecule has 6 rings (SSSR count). The Kier molecular flexibility index (Phi) is 4.70. The van der Waals surface area contributed by atoms with Crippen LogP contribution in [0.3, 0.4) is 0 Å². The number of imidazole rings is 1. The Morgan fingerprint density at radius 1 is 1.18 bits per heavy atom. The summed E-state index contributed by atoms with van der Waals surface area (Å²) in [4.78, 5) is 9.44. The number of aromatic nitrogens is 3. The summed E-state index contributed by atoms with van der Waals surface area (Å²) in [5.41, 5.74) is 7.41. The Morgan fingerprint density at radius 2 is 2.03 bits per heavy atom. The van der Waals surface area contributed by atoms with Crippen LogP contribution in [-0.2, 0) is 13.2 Å². The van der Waals surface area contributed by atoms with Gasteiger partial charge in [-0.3, -0.25) is 0 Å². The third kappa shape index (κ3) is 3.39. The van der Waals surface area contributed by atoms with Gasteiger partial charge in [-0.05, 0) is 54.7 Å². The third-order valence-corrected chi connectivity index (χ3v) is 6.72. The van der Waals surface area contributed by atoms with Gasteiger partial charge in [0.25, 0.3) is 0 Å². The standard InChI is InChI=1S/C27H21ClN4O/c1-16(13-29)24-20-9-6-17(12-19(20)15-33-23-5-3-2-4-21(23)24)14-32-26(18-7-8-18)31-25-22(28)10-11-30-27(25)32/h2-6,9-12,18H,7-8,14-15H2,1H3. The van der Waals surface area contributed by atoms with Crippen LogP contribution in [0.25, 0.3) is 16.7 Å². The summed E-state index contributed by atoms with van der Waals surface area (Å²) in [5, 5.41) is 10.3. The molecule has 5 nitrogen and oxygen atoms in total. The first-order chi connectivity index (χ1) is 16.1. The highest BCUT2D eigenvalue weighted by Gasteiger charge is 2.30. The van der Waals surface area contributed by atoms with Gasteiger partial charge in [-0.25, -0.2) is 9.97 Å². The first-order valence-corrected chi connectivity index (χ1v) is 11.5. The molecule has 0 radical (unpaired) electrons. The van der Waals surface area contributed by atoms with Crippen molar-refractivity contribution in [1.82, 2.24) is 14.5 Å². The third-order valence-electron chi connectivity index (χ3n) is 6.42. The molecule has 0 amide bonds. The minimum Gasteiger partial charge on any atom is -0.488 e. The van der Waals surface area contributed by atoms with Gasteiger partial charge < -0.3 is 9.30 Å². The lowest BCUT2D eigenvalue weighted by molar-refractivity contribution is 0.307. The Hall–Kier alpha value is -3.62. The van der Waals surface area contributed by atoms with E-state index in [1.165, 1.54) is 0 Å². The van der Waals surface area contributed by atoms with Gasteiger partial charge in [0.05, 0.1) is 17.6 Å². The van der Waals surface area contributed by atoms with Gasteiger partial charge in [-0.1, -0.05) is 41.9 Å². The molecule has 6 heteroatoms. The van der Waals surface area contributed by atoms with Crippen LogP contribution in [0.4, 0.5) is 0 Å². The molecule has 1 aliphatic carbocycles. The predicted molar refractivity (Wildman–Crippen MR) is 128 cm³/mol. The second-order valence-corrected chi connectivity index (χ2v) is 9.09. The molecular weight excluding hydrogens is 432 g/mol. The Bertz CT molecular complexity index is 1490. The van der Waals surface area contributed by atoms with Crippen LogP contribution in [0.15, 0.2) is 60.3 Å². The topological polar surface area (TPSA) is 63.7 Å². The maximum atomic E-state index is 9.69. The van der Waals surface area contributed by atoms with E-state index in [-0.39, 0.29) is 0 Å². The Balaban J connectivity index is 1.46. The molecule has 0 unspecified atom stereocenters. The quantitative estimate of drug-likeness (QED) is 0.345. The molecule has 33 heavy (non-hydrogen) atoms. The second-order valence-electron chi connectivity index (χ2n) is 8.68. The van der Waals surface area contributed by atoms with Crippen LogP contribution in [0, 0.1) is 11.3 Å². The van der Waals surface area contributed by atoms with Crippen molar-refractivity contribution in [3.63, 3.8) is 0 Å². The molecule has 4 aromatic rings. The Labute approximate surface area is 196 Å². The van der Waals surface area contributed by atoms with E-state index < -0.39 is 0 Å². The van der Waals surface area contributed by atoms with Crippen LogP contribution in [-0.4, -0.2) is 14.5 Å². The molecular formula is C27H21ClN4O. The summed E-state index contributed by atoms with van der Waals surface area (Å²) in [5.74, 6) is 2.34. The van der Waals surface area contributed by atoms with Crippen molar-refractivity contribution in [2.24, 2.45) is 0 Å². The average Bonchev–Trinajstić information content (AvgIpc) is 3.63. The van der Waals surface area contributed by atoms with Gasteiger partial charge in [0, 0.05) is 28.8 Å². The molecule has 0 atom stereocenters. The molecule has 162 valence electrons. The van der Waals surface area contributed by atoms with E-state index >= 15 is 0 Å². The molecule has 0 bridgehead atoms. The van der Waals surface area contributed by atoms with Crippen molar-refractivity contribution < 1.29 is 4.74 Å². The second kappa shape index (κ2) is 7.75. The van der Waals surface area contributed by atoms with Crippen molar-refractivity contribution >= 4 is 28.3 Å². The number of pyridine rings is 1. The van der Waals surface area contributed by atoms with Crippen LogP contribution in [0.1, 0.15) is 53.8 Å². The van der Waals surface area contributed by atoms with Gasteiger partial charge in [0.2, 0.25) is 0 Å². The average molecular weight is 453 g/mol. The molecule has 2 aliphatic rings. The van der Waals surface area contributed by atoms with Gasteiger partial charge in [0.15, 0.2) is 5.65 Å². The van der Waals surface area contributed by atoms with Crippen molar-refractivity contribution in [3.05, 3.63) is 93.4 Å². The summed E-state index contributed by atoms with van der Waals surface area (Å²) in [7, 11) is 0. The van der Waals surface area contributed by atoms with Crippen molar-refractivity contribution in [2.75, 3.05) is 0 Å². The summed E-state index contributed by atoms with van der Waals surface area (Å²) >= 11 is 6.42. The van der Waals surface area contributed by atoms with Gasteiger partial charge in [-0.2, -0.15) is 5.26 Å². The van der Waals surface area contributed by atoms with E-state index in [1.807, 2.05) is 31.2 Å². The lowest BCUT2D eigenvalue weighted by Crippen LogP contribution is -2.06. The smallest absolute Gasteiger partial charge is 0.161 e. The summed E-state index contributed by atoms with van der Waals surface area (Å²) in [6.45, 7) is 2.98. The maximum absolute atomic E-state index is 9.69. The lowest BCUT2D eigenvalue weighted by atomic mass is 9.90. The fourth-order valence-corrected chi connectivity index (χ4v) is 4.85. The molecule has 2 aromatic carbocycles. The van der Waals surface area contributed by atoms with Crippen molar-refractivity contribution in [1.29, 1.82) is 5.26 Å². The minimum atomic E-state index is 0.451. The molecule has 1 aliphatic heterocycles. The van der Waals surface area contributed by atoms with E-state index in [9.17, 15) is 5.26 Å². The number of ether oxygens (including phenoxy) is 1. The Morgan fingerprint density at radius 3 is 2.85 bits per heavy atom. The number of rotatable bonds is 3. The SMILES string of the molecule is CC(C#N)=C1c2ccc(Cn3c(C4CC4)nc4c(Cl)ccnc43)cc2COc2ccccc21. The molecule has 0 spiro atoms. The minimum absolute atomic E-state index is 0.451. The largest absolute Gasteiger partial charge is 0.488 e. The highest BCUT2D eigenvalue weighted by molar-refractivity contribution is 6.34. The predicted octanol–water partition coefficient (Wildman–Crippen LogP) is 6.25. The van der Waals surface area contributed by atoms with E-state index in [1.54, 1.807) is 12.3 Å². The fourth-order valence-electron chi connectivity index (χ4n) is 4.66. The summed E-state index contributed by atoms with van der Waals surface area (Å²) in [6.07, 6.45) is 4.04. The van der Waals surface area contributed by atoms with Crippen LogP contribution in [0.5, 0.6) is 5.75 Å². The number of hydrogen-bond donors (Lipinski definition) is 0. The monoisotopic (exact) mass is 452 g/mol. The van der Waals surface area contributed by atoms with Gasteiger partial charge in [-0.15, -0.1) is 0 Å². The molecule has 3 heterocycles. The summed E-state index contributed by atoms with van der Waals surface area (Å²) in [6, 6.07) is 18.5. The highest BCUT2D eigenvalue weighted by atomic mass is 35.5. The number of halogens is 1. The molecule has 0 saturated heterocycles. The van der Waals surface area contributed by atoms with Crippen molar-refractivity contribution in [2.45, 2.75) is 38.8 Å². The zero-order chi connectivity index (χ0) is 22.5. The zero-order valence-corrected chi connectivity index (χ0v) is 18.9. The number of nitriles is 1. The van der Waals surface area contributed by atoms with Crippen LogP contribution < -0.4 is 4.74 Å². The van der Waals surface area contributed by atoms with E-state index in [2.05, 4.69) is 33.8 Å². The number of hydrogen-bond acceptors (Lipinski definition) is 4. The van der Waals surface area contributed by atoms with Gasteiger partial charge >= 0.3 is 0 Å². The number of para-hydroxylation sites is 1. The number of benzene rings is 2. The van der Waals surface area contributed by atoms with E-state index in [0.29, 0.717) is 29.7 Å². The van der Waals surface area contributed by atoms with E-state index in [0.717, 1.165) is 63.4 Å². The number of allylic oxidation sites excluding steroid dienone is 1. The zero-order valence-electron chi connectivity index (χ0n) is 18.2. The maximum Gasteiger partial charge on any atom is 0.161 e. The first-order valence-electron chi connectivity index (χ1n) is 11.1. The van der Waals surface area contributed by atoms with Gasteiger partial charge in [0.1, 0.15) is 23.7 Å². The van der Waals surface area contributed by atoms with E-state index in [4.69, 9.17) is 21.3 Å². The number of fused-ring (bicyclic) bond motifs is 3. The van der Waals surface area contributed by atoms with Crippen LogP contribution >= 0.6 is 11.6 Å². The lowest BCUT2D eigenvalue weighted by Gasteiger charge is -2.14. The normalized spacial score (nSPS) is 16.4. The molecule has 0 N–H and O–H groups in total. The molecule has 1 fully saturated rings. The first kappa shape index (κ1) is 20.0. The molecule has 1 saturated carbocycles. The molecule has 2 aromatic heterocycles. The fraction of sp³-hybridized carbons (Fsp3) is 0.222. The van der Waals surface area contributed by atoms with Crippen molar-refractivity contribution in [3.8, 4) is 11.8 Å².